The molecule has 1 fully saturated rings. The van der Waals surface area contributed by atoms with Gasteiger partial charge in [-0.3, -0.25) is 4.98 Å². The molecule has 0 saturated carbocycles. The van der Waals surface area contributed by atoms with Gasteiger partial charge in [0.1, 0.15) is 5.69 Å². The van der Waals surface area contributed by atoms with E-state index in [1.54, 1.807) is 0 Å². The Hall–Kier alpha value is -3.19. The fourth-order valence-electron chi connectivity index (χ4n) is 4.22. The van der Waals surface area contributed by atoms with Crippen LogP contribution in [0.5, 0.6) is 0 Å². The van der Waals surface area contributed by atoms with Crippen molar-refractivity contribution in [3.05, 3.63) is 58.5 Å². The van der Waals surface area contributed by atoms with Crippen LogP contribution in [-0.2, 0) is 6.42 Å². The summed E-state index contributed by atoms with van der Waals surface area (Å²) < 4.78 is 7.64. The molecule has 1 atom stereocenters. The molecule has 4 aromatic rings. The topological polar surface area (TPSA) is 75.7 Å². The normalized spacial score (nSPS) is 17.2. The van der Waals surface area contributed by atoms with Crippen LogP contribution >= 0.6 is 0 Å². The molecule has 1 aliphatic rings. The Bertz CT molecular complexity index is 1310. The van der Waals surface area contributed by atoms with Crippen molar-refractivity contribution >= 4 is 22.1 Å². The molecule has 0 unspecified atom stereocenters. The maximum atomic E-state index is 12.8. The SMILES string of the molecule is CCc1nc(C)cn2cc(-c3cc4ccc(N5CCN[C@H](C)C5)cc4c(=O)o3)nc12. The Kier molecular flexibility index (Phi) is 4.55. The van der Waals surface area contributed by atoms with Gasteiger partial charge in [-0.25, -0.2) is 9.78 Å². The highest BCUT2D eigenvalue weighted by Gasteiger charge is 2.18. The van der Waals surface area contributed by atoms with Gasteiger partial charge in [-0.15, -0.1) is 0 Å². The van der Waals surface area contributed by atoms with E-state index < -0.39 is 0 Å². The van der Waals surface area contributed by atoms with Gasteiger partial charge in [-0.1, -0.05) is 13.0 Å². The monoisotopic (exact) mass is 403 g/mol. The molecule has 1 aromatic carbocycles. The van der Waals surface area contributed by atoms with Gasteiger partial charge in [0.15, 0.2) is 11.4 Å². The summed E-state index contributed by atoms with van der Waals surface area (Å²) in [6, 6.07) is 8.34. The second-order valence-electron chi connectivity index (χ2n) is 8.01. The Balaban J connectivity index is 1.57. The Labute approximate surface area is 174 Å². The molecule has 7 heteroatoms. The van der Waals surface area contributed by atoms with Gasteiger partial charge in [0, 0.05) is 43.8 Å². The number of nitrogens with one attached hydrogen (secondary N) is 1. The number of anilines is 1. The average molecular weight is 403 g/mol. The number of aromatic nitrogens is 3. The molecule has 0 aliphatic carbocycles. The second kappa shape index (κ2) is 7.25. The van der Waals surface area contributed by atoms with Crippen molar-refractivity contribution in [2.45, 2.75) is 33.2 Å². The molecule has 1 aliphatic heterocycles. The third-order valence-corrected chi connectivity index (χ3v) is 5.69. The highest BCUT2D eigenvalue weighted by molar-refractivity contribution is 5.87. The minimum Gasteiger partial charge on any atom is -0.421 e. The van der Waals surface area contributed by atoms with Crippen LogP contribution in [0.15, 0.2) is 45.9 Å². The zero-order chi connectivity index (χ0) is 20.8. The van der Waals surface area contributed by atoms with E-state index in [9.17, 15) is 4.79 Å². The summed E-state index contributed by atoms with van der Waals surface area (Å²) in [5.41, 5.74) is 4.00. The largest absolute Gasteiger partial charge is 0.421 e. The van der Waals surface area contributed by atoms with Gasteiger partial charge < -0.3 is 19.0 Å². The maximum Gasteiger partial charge on any atom is 0.344 e. The van der Waals surface area contributed by atoms with E-state index in [1.807, 2.05) is 41.9 Å². The molecule has 5 rings (SSSR count). The van der Waals surface area contributed by atoms with Crippen molar-refractivity contribution in [1.29, 1.82) is 0 Å². The molecule has 0 spiro atoms. The summed E-state index contributed by atoms with van der Waals surface area (Å²) in [4.78, 5) is 24.4. The summed E-state index contributed by atoms with van der Waals surface area (Å²) in [5, 5.41) is 4.90. The zero-order valence-electron chi connectivity index (χ0n) is 17.5. The van der Waals surface area contributed by atoms with Crippen LogP contribution in [0.3, 0.4) is 0 Å². The minimum absolute atomic E-state index is 0.338. The zero-order valence-corrected chi connectivity index (χ0v) is 17.5. The number of hydrogen-bond acceptors (Lipinski definition) is 6. The summed E-state index contributed by atoms with van der Waals surface area (Å²) in [5.74, 6) is 0.472. The van der Waals surface area contributed by atoms with E-state index in [4.69, 9.17) is 9.40 Å². The highest BCUT2D eigenvalue weighted by Crippen LogP contribution is 2.26. The molecule has 0 amide bonds. The van der Waals surface area contributed by atoms with Crippen LogP contribution in [-0.4, -0.2) is 40.0 Å². The lowest BCUT2D eigenvalue weighted by molar-refractivity contribution is 0.485. The van der Waals surface area contributed by atoms with E-state index in [0.29, 0.717) is 22.9 Å². The minimum atomic E-state index is -0.338. The van der Waals surface area contributed by atoms with Crippen LogP contribution in [0.25, 0.3) is 27.9 Å². The summed E-state index contributed by atoms with van der Waals surface area (Å²) in [6.07, 6.45) is 4.62. The number of aryl methyl sites for hydroxylation is 2. The van der Waals surface area contributed by atoms with E-state index in [2.05, 4.69) is 35.1 Å². The fourth-order valence-corrected chi connectivity index (χ4v) is 4.22. The first-order valence-corrected chi connectivity index (χ1v) is 10.4. The highest BCUT2D eigenvalue weighted by atomic mass is 16.4. The summed E-state index contributed by atoms with van der Waals surface area (Å²) in [6.45, 7) is 8.98. The molecule has 154 valence electrons. The fraction of sp³-hybridized carbons (Fsp3) is 0.348. The predicted molar refractivity (Wildman–Crippen MR) is 118 cm³/mol. The molecular weight excluding hydrogens is 378 g/mol. The number of fused-ring (bicyclic) bond motifs is 2. The standard InChI is InChI=1S/C23H25N5O2/c1-4-19-22-26-20(13-28(22)12-15(3)25-19)21-9-16-5-6-17(10-18(16)23(29)30-21)27-8-7-24-14(2)11-27/h5-6,9-10,12-14,24H,4,7-8,11H2,1-3H3/t14-/m1/s1. The van der Waals surface area contributed by atoms with Gasteiger partial charge in [-0.2, -0.15) is 0 Å². The van der Waals surface area contributed by atoms with Gasteiger partial charge in [0.2, 0.25) is 0 Å². The first-order chi connectivity index (χ1) is 14.5. The average Bonchev–Trinajstić information content (AvgIpc) is 3.17. The number of benzene rings is 1. The number of hydrogen-bond donors (Lipinski definition) is 1. The van der Waals surface area contributed by atoms with Crippen LogP contribution in [0.2, 0.25) is 0 Å². The molecule has 4 heterocycles. The lowest BCUT2D eigenvalue weighted by Crippen LogP contribution is -2.49. The van der Waals surface area contributed by atoms with Crippen molar-refractivity contribution in [1.82, 2.24) is 19.7 Å². The maximum absolute atomic E-state index is 12.8. The lowest BCUT2D eigenvalue weighted by Gasteiger charge is -2.33. The van der Waals surface area contributed by atoms with Gasteiger partial charge in [0.25, 0.3) is 0 Å². The van der Waals surface area contributed by atoms with E-state index >= 15 is 0 Å². The summed E-state index contributed by atoms with van der Waals surface area (Å²) in [7, 11) is 0. The number of nitrogens with zero attached hydrogens (tertiary/aromatic N) is 4. The Morgan fingerprint density at radius 3 is 2.90 bits per heavy atom. The molecule has 0 bridgehead atoms. The smallest absolute Gasteiger partial charge is 0.344 e. The summed E-state index contributed by atoms with van der Waals surface area (Å²) >= 11 is 0. The van der Waals surface area contributed by atoms with Crippen molar-refractivity contribution in [3.63, 3.8) is 0 Å². The van der Waals surface area contributed by atoms with Crippen LogP contribution in [0.4, 0.5) is 5.69 Å². The third-order valence-electron chi connectivity index (χ3n) is 5.69. The Morgan fingerprint density at radius 1 is 1.23 bits per heavy atom. The lowest BCUT2D eigenvalue weighted by atomic mass is 10.1. The van der Waals surface area contributed by atoms with Crippen LogP contribution in [0.1, 0.15) is 25.2 Å². The number of piperazine rings is 1. The van der Waals surface area contributed by atoms with Gasteiger partial charge in [-0.05, 0) is 43.9 Å². The van der Waals surface area contributed by atoms with Gasteiger partial charge in [0.05, 0.1) is 16.8 Å². The van der Waals surface area contributed by atoms with E-state index in [1.165, 1.54) is 0 Å². The first-order valence-electron chi connectivity index (χ1n) is 10.4. The molecule has 7 nitrogen and oxygen atoms in total. The molecular formula is C23H25N5O2. The van der Waals surface area contributed by atoms with E-state index in [-0.39, 0.29) is 5.63 Å². The van der Waals surface area contributed by atoms with Crippen LogP contribution in [0, 0.1) is 6.92 Å². The quantitative estimate of drug-likeness (QED) is 0.566. The Morgan fingerprint density at radius 2 is 2.10 bits per heavy atom. The number of rotatable bonds is 3. The molecule has 30 heavy (non-hydrogen) atoms. The molecule has 3 aromatic heterocycles. The van der Waals surface area contributed by atoms with Crippen molar-refractivity contribution < 1.29 is 4.42 Å². The van der Waals surface area contributed by atoms with Crippen molar-refractivity contribution in [2.75, 3.05) is 24.5 Å². The second-order valence-corrected chi connectivity index (χ2v) is 8.01. The van der Waals surface area contributed by atoms with Gasteiger partial charge >= 0.3 is 5.63 Å². The molecule has 1 N–H and O–H groups in total. The molecule has 1 saturated heterocycles. The van der Waals surface area contributed by atoms with Crippen molar-refractivity contribution in [2.24, 2.45) is 0 Å². The number of imidazole rings is 1. The van der Waals surface area contributed by atoms with Crippen molar-refractivity contribution in [3.8, 4) is 11.5 Å². The third kappa shape index (κ3) is 3.25. The predicted octanol–water partition coefficient (Wildman–Crippen LogP) is 3.17. The first kappa shape index (κ1) is 18.8. The van der Waals surface area contributed by atoms with Crippen LogP contribution < -0.4 is 15.8 Å². The molecule has 0 radical (unpaired) electrons. The van der Waals surface area contributed by atoms with E-state index in [0.717, 1.165) is 54.2 Å².